The van der Waals surface area contributed by atoms with Crippen molar-refractivity contribution in [3.8, 4) is 11.5 Å². The van der Waals surface area contributed by atoms with Gasteiger partial charge in [0, 0.05) is 4.83 Å². The van der Waals surface area contributed by atoms with Gasteiger partial charge in [-0.05, 0) is 35.7 Å². The minimum atomic E-state index is -0.834. The second-order valence-electron chi connectivity index (χ2n) is 4.50. The smallest absolute Gasteiger partial charge is 0.162 e. The molecule has 0 fully saturated rings. The lowest BCUT2D eigenvalue weighted by Crippen LogP contribution is -2.01. The molecular formula is C16H15BrF2O2. The largest absolute Gasteiger partial charge is 0.493 e. The Morgan fingerprint density at radius 2 is 1.76 bits per heavy atom. The zero-order valence-electron chi connectivity index (χ0n) is 11.7. The highest BCUT2D eigenvalue weighted by atomic mass is 79.9. The number of benzene rings is 2. The first-order valence-electron chi connectivity index (χ1n) is 6.35. The van der Waals surface area contributed by atoms with Crippen LogP contribution in [0.3, 0.4) is 0 Å². The van der Waals surface area contributed by atoms with Crippen molar-refractivity contribution < 1.29 is 18.3 Å². The highest BCUT2D eigenvalue weighted by molar-refractivity contribution is 9.09. The van der Waals surface area contributed by atoms with Gasteiger partial charge in [0.2, 0.25) is 0 Å². The Bertz CT molecular complexity index is 632. The second-order valence-corrected chi connectivity index (χ2v) is 5.60. The van der Waals surface area contributed by atoms with E-state index in [0.29, 0.717) is 23.5 Å². The molecular weight excluding hydrogens is 342 g/mol. The third-order valence-electron chi connectivity index (χ3n) is 3.20. The van der Waals surface area contributed by atoms with Gasteiger partial charge in [-0.3, -0.25) is 0 Å². The zero-order chi connectivity index (χ0) is 15.4. The molecule has 5 heteroatoms. The van der Waals surface area contributed by atoms with Gasteiger partial charge in [0.15, 0.2) is 23.1 Å². The molecule has 1 unspecified atom stereocenters. The van der Waals surface area contributed by atoms with Gasteiger partial charge in [-0.2, -0.15) is 0 Å². The average Bonchev–Trinajstić information content (AvgIpc) is 2.51. The SMILES string of the molecule is COc1ccc(C(Br)Cc2cccc(F)c2F)cc1OC. The van der Waals surface area contributed by atoms with Crippen LogP contribution >= 0.6 is 15.9 Å². The Kier molecular flexibility index (Phi) is 5.17. The summed E-state index contributed by atoms with van der Waals surface area (Å²) in [6, 6.07) is 9.64. The van der Waals surface area contributed by atoms with Gasteiger partial charge in [-0.25, -0.2) is 8.78 Å². The fraction of sp³-hybridized carbons (Fsp3) is 0.250. The summed E-state index contributed by atoms with van der Waals surface area (Å²) in [5.74, 6) is -0.418. The molecule has 0 N–H and O–H groups in total. The van der Waals surface area contributed by atoms with E-state index in [4.69, 9.17) is 9.47 Å². The third-order valence-corrected chi connectivity index (χ3v) is 4.05. The predicted molar refractivity (Wildman–Crippen MR) is 81.3 cm³/mol. The molecule has 112 valence electrons. The lowest BCUT2D eigenvalue weighted by atomic mass is 10.0. The minimum Gasteiger partial charge on any atom is -0.493 e. The van der Waals surface area contributed by atoms with Crippen LogP contribution in [0.15, 0.2) is 36.4 Å². The van der Waals surface area contributed by atoms with E-state index in [1.165, 1.54) is 6.07 Å². The van der Waals surface area contributed by atoms with Crippen molar-refractivity contribution in [1.82, 2.24) is 0 Å². The maximum Gasteiger partial charge on any atom is 0.162 e. The maximum absolute atomic E-state index is 13.7. The summed E-state index contributed by atoms with van der Waals surface area (Å²) in [4.78, 5) is -0.159. The molecule has 0 heterocycles. The van der Waals surface area contributed by atoms with Crippen molar-refractivity contribution in [1.29, 1.82) is 0 Å². The molecule has 2 aromatic rings. The van der Waals surface area contributed by atoms with E-state index < -0.39 is 11.6 Å². The van der Waals surface area contributed by atoms with Crippen LogP contribution in [-0.2, 0) is 6.42 Å². The van der Waals surface area contributed by atoms with Crippen molar-refractivity contribution in [2.75, 3.05) is 14.2 Å². The lowest BCUT2D eigenvalue weighted by Gasteiger charge is -2.14. The molecule has 0 aliphatic rings. The molecule has 21 heavy (non-hydrogen) atoms. The highest BCUT2D eigenvalue weighted by Crippen LogP contribution is 2.35. The van der Waals surface area contributed by atoms with Crippen LogP contribution in [0.4, 0.5) is 8.78 Å². The zero-order valence-corrected chi connectivity index (χ0v) is 13.3. The van der Waals surface area contributed by atoms with Gasteiger partial charge in [0.25, 0.3) is 0 Å². The van der Waals surface area contributed by atoms with E-state index in [2.05, 4.69) is 15.9 Å². The second kappa shape index (κ2) is 6.89. The van der Waals surface area contributed by atoms with E-state index in [9.17, 15) is 8.78 Å². The van der Waals surface area contributed by atoms with Crippen LogP contribution in [0, 0.1) is 11.6 Å². The van der Waals surface area contributed by atoms with Crippen LogP contribution < -0.4 is 9.47 Å². The maximum atomic E-state index is 13.7. The van der Waals surface area contributed by atoms with Crippen LogP contribution in [-0.4, -0.2) is 14.2 Å². The van der Waals surface area contributed by atoms with Crippen LogP contribution in [0.5, 0.6) is 11.5 Å². The molecule has 2 nitrogen and oxygen atoms in total. The summed E-state index contributed by atoms with van der Waals surface area (Å²) in [6.07, 6.45) is 0.332. The predicted octanol–water partition coefficient (Wildman–Crippen LogP) is 4.66. The average molecular weight is 357 g/mol. The van der Waals surface area contributed by atoms with Gasteiger partial charge in [-0.1, -0.05) is 34.1 Å². The molecule has 0 saturated carbocycles. The molecule has 0 aliphatic carbocycles. The first-order valence-corrected chi connectivity index (χ1v) is 7.27. The van der Waals surface area contributed by atoms with Gasteiger partial charge in [0.1, 0.15) is 0 Å². The van der Waals surface area contributed by atoms with Gasteiger partial charge in [0.05, 0.1) is 14.2 Å². The molecule has 0 amide bonds. The Morgan fingerprint density at radius 1 is 1.05 bits per heavy atom. The van der Waals surface area contributed by atoms with Crippen molar-refractivity contribution in [3.63, 3.8) is 0 Å². The summed E-state index contributed by atoms with van der Waals surface area (Å²) in [5.41, 5.74) is 1.22. The first-order chi connectivity index (χ1) is 10.1. The molecule has 0 bridgehead atoms. The molecule has 0 radical (unpaired) electrons. The number of hydrogen-bond donors (Lipinski definition) is 0. The minimum absolute atomic E-state index is 0.159. The summed E-state index contributed by atoms with van der Waals surface area (Å²) in [6.45, 7) is 0. The van der Waals surface area contributed by atoms with Crippen LogP contribution in [0.25, 0.3) is 0 Å². The highest BCUT2D eigenvalue weighted by Gasteiger charge is 2.15. The van der Waals surface area contributed by atoms with E-state index in [1.807, 2.05) is 12.1 Å². The van der Waals surface area contributed by atoms with Gasteiger partial charge < -0.3 is 9.47 Å². The summed E-state index contributed by atoms with van der Waals surface area (Å²) in [7, 11) is 3.11. The lowest BCUT2D eigenvalue weighted by molar-refractivity contribution is 0.354. The van der Waals surface area contributed by atoms with Crippen molar-refractivity contribution in [2.45, 2.75) is 11.2 Å². The summed E-state index contributed by atoms with van der Waals surface area (Å²) < 4.78 is 37.3. The summed E-state index contributed by atoms with van der Waals surface area (Å²) >= 11 is 3.51. The molecule has 2 aromatic carbocycles. The number of hydrogen-bond acceptors (Lipinski definition) is 2. The monoisotopic (exact) mass is 356 g/mol. The number of alkyl halides is 1. The van der Waals surface area contributed by atoms with Gasteiger partial charge in [-0.15, -0.1) is 0 Å². The van der Waals surface area contributed by atoms with E-state index >= 15 is 0 Å². The number of ether oxygens (including phenoxy) is 2. The Hall–Kier alpha value is -1.62. The molecule has 2 rings (SSSR count). The first kappa shape index (κ1) is 15.8. The Balaban J connectivity index is 2.24. The quantitative estimate of drug-likeness (QED) is 0.725. The normalized spacial score (nSPS) is 12.0. The Morgan fingerprint density at radius 3 is 2.43 bits per heavy atom. The van der Waals surface area contributed by atoms with Crippen molar-refractivity contribution >= 4 is 15.9 Å². The number of rotatable bonds is 5. The van der Waals surface area contributed by atoms with Crippen LogP contribution in [0.2, 0.25) is 0 Å². The van der Waals surface area contributed by atoms with E-state index in [0.717, 1.165) is 11.6 Å². The van der Waals surface area contributed by atoms with Gasteiger partial charge >= 0.3 is 0 Å². The molecule has 1 atom stereocenters. The standard InChI is InChI=1S/C16H15BrF2O2/c1-20-14-7-6-10(9-15(14)21-2)12(17)8-11-4-3-5-13(18)16(11)19/h3-7,9,12H,8H2,1-2H3. The Labute approximate surface area is 130 Å². The van der Waals surface area contributed by atoms with E-state index in [-0.39, 0.29) is 4.83 Å². The number of halogens is 3. The van der Waals surface area contributed by atoms with Crippen molar-refractivity contribution in [3.05, 3.63) is 59.2 Å². The molecule has 0 saturated heterocycles. The molecule has 0 spiro atoms. The van der Waals surface area contributed by atoms with Crippen LogP contribution in [0.1, 0.15) is 16.0 Å². The third kappa shape index (κ3) is 3.53. The summed E-state index contributed by atoms with van der Waals surface area (Å²) in [5, 5.41) is 0. The van der Waals surface area contributed by atoms with Crippen molar-refractivity contribution in [2.24, 2.45) is 0 Å². The fourth-order valence-electron chi connectivity index (χ4n) is 2.06. The van der Waals surface area contributed by atoms with E-state index in [1.54, 1.807) is 26.4 Å². The fourth-order valence-corrected chi connectivity index (χ4v) is 2.70. The topological polar surface area (TPSA) is 18.5 Å². The molecule has 0 aromatic heterocycles. The molecule has 0 aliphatic heterocycles. The number of methoxy groups -OCH3 is 2.